The SMILES string of the molecule is C.NC1CCCCC1.O=C(Cl)c1cccc(C(=O)Cl)c1.O=C(NC1CCCCC1)c1cccc(C(=O)NC2CCCCC2)c1. The van der Waals surface area contributed by atoms with Gasteiger partial charge in [0.25, 0.3) is 22.3 Å². The lowest BCUT2D eigenvalue weighted by molar-refractivity contribution is 0.0927. The van der Waals surface area contributed by atoms with Gasteiger partial charge in [0, 0.05) is 40.4 Å². The highest BCUT2D eigenvalue weighted by Crippen LogP contribution is 2.20. The first kappa shape index (κ1) is 37.4. The Balaban J connectivity index is 0.000000280. The van der Waals surface area contributed by atoms with Gasteiger partial charge in [-0.05, 0) is 86.0 Å². The maximum absolute atomic E-state index is 12.4. The van der Waals surface area contributed by atoms with Crippen LogP contribution in [0.4, 0.5) is 0 Å². The average molecular weight is 647 g/mol. The zero-order valence-electron chi connectivity index (χ0n) is 24.9. The van der Waals surface area contributed by atoms with Gasteiger partial charge in [-0.25, -0.2) is 0 Å². The van der Waals surface area contributed by atoms with Crippen molar-refractivity contribution in [3.05, 3.63) is 70.8 Å². The van der Waals surface area contributed by atoms with E-state index >= 15 is 0 Å². The fourth-order valence-corrected chi connectivity index (χ4v) is 5.97. The number of carbonyl (C=O) groups excluding carboxylic acids is 4. The first-order valence-corrected chi connectivity index (χ1v) is 16.5. The largest absolute Gasteiger partial charge is 0.349 e. The molecule has 3 saturated carbocycles. The summed E-state index contributed by atoms with van der Waals surface area (Å²) >= 11 is 10.4. The number of nitrogens with one attached hydrogen (secondary N) is 2. The number of halogens is 2. The second-order valence-electron chi connectivity index (χ2n) is 11.7. The molecule has 0 bridgehead atoms. The maximum Gasteiger partial charge on any atom is 0.252 e. The molecule has 3 fully saturated rings. The van der Waals surface area contributed by atoms with E-state index in [9.17, 15) is 19.2 Å². The number of nitrogens with two attached hydrogens (primary N) is 1. The molecule has 9 heteroatoms. The number of rotatable bonds is 6. The third kappa shape index (κ3) is 13.5. The van der Waals surface area contributed by atoms with Crippen LogP contribution in [0.15, 0.2) is 48.5 Å². The van der Waals surface area contributed by atoms with E-state index < -0.39 is 10.5 Å². The average Bonchev–Trinajstić information content (AvgIpc) is 3.03. The first-order chi connectivity index (χ1) is 20.7. The van der Waals surface area contributed by atoms with Crippen molar-refractivity contribution in [1.82, 2.24) is 10.6 Å². The monoisotopic (exact) mass is 645 g/mol. The number of amides is 2. The van der Waals surface area contributed by atoms with Gasteiger partial charge in [0.05, 0.1) is 0 Å². The van der Waals surface area contributed by atoms with Gasteiger partial charge in [0.1, 0.15) is 0 Å². The normalized spacial score (nSPS) is 17.3. The van der Waals surface area contributed by atoms with Crippen LogP contribution < -0.4 is 16.4 Å². The van der Waals surface area contributed by atoms with Crippen LogP contribution in [0.5, 0.6) is 0 Å². The summed E-state index contributed by atoms with van der Waals surface area (Å²) in [6.07, 6.45) is 18.2. The van der Waals surface area contributed by atoms with Gasteiger partial charge in [0.15, 0.2) is 0 Å². The number of hydrogen-bond acceptors (Lipinski definition) is 5. The van der Waals surface area contributed by atoms with Gasteiger partial charge in [-0.1, -0.05) is 89.5 Å². The number of hydrogen-bond donors (Lipinski definition) is 3. The molecule has 2 aromatic rings. The van der Waals surface area contributed by atoms with Crippen molar-refractivity contribution in [2.45, 2.75) is 122 Å². The van der Waals surface area contributed by atoms with Crippen molar-refractivity contribution >= 4 is 45.5 Å². The fraction of sp³-hybridized carbons (Fsp3) is 0.543. The zero-order chi connectivity index (χ0) is 31.0. The molecule has 2 amide bonds. The Hall–Kier alpha value is -2.74. The molecule has 0 unspecified atom stereocenters. The second-order valence-corrected chi connectivity index (χ2v) is 12.4. The molecule has 2 aromatic carbocycles. The molecule has 0 aliphatic heterocycles. The van der Waals surface area contributed by atoms with Crippen LogP contribution in [0.2, 0.25) is 0 Å². The molecule has 0 aromatic heterocycles. The Labute approximate surface area is 273 Å². The zero-order valence-corrected chi connectivity index (χ0v) is 26.4. The lowest BCUT2D eigenvalue weighted by Gasteiger charge is -2.23. The highest BCUT2D eigenvalue weighted by atomic mass is 35.5. The summed E-state index contributed by atoms with van der Waals surface area (Å²) in [5, 5.41) is 5.02. The lowest BCUT2D eigenvalue weighted by Crippen LogP contribution is -2.37. The van der Waals surface area contributed by atoms with Crippen LogP contribution in [0, 0.1) is 0 Å². The third-order valence-corrected chi connectivity index (χ3v) is 8.67. The second kappa shape index (κ2) is 20.3. The molecule has 5 rings (SSSR count). The van der Waals surface area contributed by atoms with E-state index in [1.54, 1.807) is 30.3 Å². The van der Waals surface area contributed by atoms with E-state index in [-0.39, 0.29) is 42.5 Å². The summed E-state index contributed by atoms with van der Waals surface area (Å²) in [5.74, 6) is -0.122. The summed E-state index contributed by atoms with van der Waals surface area (Å²) in [4.78, 5) is 46.1. The molecule has 7 nitrogen and oxygen atoms in total. The van der Waals surface area contributed by atoms with Crippen molar-refractivity contribution in [1.29, 1.82) is 0 Å². The van der Waals surface area contributed by atoms with Crippen molar-refractivity contribution in [3.63, 3.8) is 0 Å². The van der Waals surface area contributed by atoms with Crippen molar-refractivity contribution in [2.24, 2.45) is 5.73 Å². The van der Waals surface area contributed by atoms with Gasteiger partial charge >= 0.3 is 0 Å². The molecule has 0 radical (unpaired) electrons. The minimum absolute atomic E-state index is 0. The molecule has 4 N–H and O–H groups in total. The van der Waals surface area contributed by atoms with Crippen LogP contribution in [0.25, 0.3) is 0 Å². The van der Waals surface area contributed by atoms with Gasteiger partial charge < -0.3 is 16.4 Å². The predicted octanol–water partition coefficient (Wildman–Crippen LogP) is 8.17. The van der Waals surface area contributed by atoms with E-state index in [0.717, 1.165) is 25.7 Å². The predicted molar refractivity (Wildman–Crippen MR) is 180 cm³/mol. The van der Waals surface area contributed by atoms with Crippen molar-refractivity contribution in [2.75, 3.05) is 0 Å². The molecule has 0 atom stereocenters. The van der Waals surface area contributed by atoms with Crippen LogP contribution in [-0.2, 0) is 0 Å². The van der Waals surface area contributed by atoms with Crippen LogP contribution in [-0.4, -0.2) is 40.4 Å². The molecular formula is C35H49Cl2N3O4. The Morgan fingerprint density at radius 1 is 0.545 bits per heavy atom. The Morgan fingerprint density at radius 2 is 0.864 bits per heavy atom. The van der Waals surface area contributed by atoms with Crippen molar-refractivity contribution < 1.29 is 19.2 Å². The summed E-state index contributed by atoms with van der Waals surface area (Å²) in [6.45, 7) is 0. The summed E-state index contributed by atoms with van der Waals surface area (Å²) in [6, 6.07) is 14.1. The minimum atomic E-state index is -0.602. The van der Waals surface area contributed by atoms with E-state index in [1.165, 1.54) is 88.8 Å². The molecule has 242 valence electrons. The molecule has 3 aliphatic rings. The topological polar surface area (TPSA) is 118 Å². The molecule has 44 heavy (non-hydrogen) atoms. The molecule has 0 heterocycles. The lowest BCUT2D eigenvalue weighted by atomic mass is 9.95. The number of benzene rings is 2. The van der Waals surface area contributed by atoms with E-state index in [1.807, 2.05) is 0 Å². The third-order valence-electron chi connectivity index (χ3n) is 8.23. The van der Waals surface area contributed by atoms with Crippen LogP contribution in [0.3, 0.4) is 0 Å². The Bertz CT molecular complexity index is 1130. The van der Waals surface area contributed by atoms with Crippen molar-refractivity contribution in [3.8, 4) is 0 Å². The fourth-order valence-electron chi connectivity index (χ4n) is 5.73. The van der Waals surface area contributed by atoms with E-state index in [2.05, 4.69) is 10.6 Å². The quantitative estimate of drug-likeness (QED) is 0.274. The highest BCUT2D eigenvalue weighted by molar-refractivity contribution is 6.69. The minimum Gasteiger partial charge on any atom is -0.349 e. The number of carbonyl (C=O) groups is 4. The highest BCUT2D eigenvalue weighted by Gasteiger charge is 2.19. The van der Waals surface area contributed by atoms with E-state index in [0.29, 0.717) is 17.2 Å². The van der Waals surface area contributed by atoms with E-state index in [4.69, 9.17) is 28.9 Å². The molecule has 0 saturated heterocycles. The van der Waals surface area contributed by atoms with Crippen LogP contribution >= 0.6 is 23.2 Å². The first-order valence-electron chi connectivity index (χ1n) is 15.7. The molecular weight excluding hydrogens is 597 g/mol. The van der Waals surface area contributed by atoms with Crippen LogP contribution in [0.1, 0.15) is 145 Å². The standard InChI is InChI=1S/C20H28N2O2.C8H4Cl2O2.C6H13N.CH4/c23-19(21-17-10-3-1-4-11-17)15-8-7-9-16(14-15)20(24)22-18-12-5-2-6-13-18;9-7(11)5-2-1-3-6(4-5)8(10)12;7-6-4-2-1-3-5-6;/h7-9,14,17-18H,1-6,10-13H2,(H,21,23)(H,22,24);1-4H;6H,1-5,7H2;1H4. The van der Waals surface area contributed by atoms with Gasteiger partial charge in [-0.15, -0.1) is 0 Å². The smallest absolute Gasteiger partial charge is 0.252 e. The van der Waals surface area contributed by atoms with Gasteiger partial charge in [0.2, 0.25) is 0 Å². The molecule has 0 spiro atoms. The Morgan fingerprint density at radius 3 is 1.18 bits per heavy atom. The van der Waals surface area contributed by atoms with Gasteiger partial charge in [-0.3, -0.25) is 19.2 Å². The summed E-state index contributed by atoms with van der Waals surface area (Å²) < 4.78 is 0. The Kier molecular flexibility index (Phi) is 17.3. The summed E-state index contributed by atoms with van der Waals surface area (Å²) in [5.41, 5.74) is 7.33. The summed E-state index contributed by atoms with van der Waals surface area (Å²) in [7, 11) is 0. The molecule has 3 aliphatic carbocycles. The van der Waals surface area contributed by atoms with Gasteiger partial charge in [-0.2, -0.15) is 0 Å². The maximum atomic E-state index is 12.4.